The van der Waals surface area contributed by atoms with Crippen LogP contribution in [0, 0.1) is 0 Å². The summed E-state index contributed by atoms with van der Waals surface area (Å²) in [5.41, 5.74) is 2.43. The van der Waals surface area contributed by atoms with Gasteiger partial charge in [0.05, 0.1) is 5.52 Å². The molecule has 6 nitrogen and oxygen atoms in total. The summed E-state index contributed by atoms with van der Waals surface area (Å²) in [4.78, 5) is 22.4. The number of aliphatic carboxylic acids is 2. The average Bonchev–Trinajstić information content (AvgIpc) is 2.98. The first-order valence-electron chi connectivity index (χ1n) is 8.37. The lowest BCUT2D eigenvalue weighted by Gasteiger charge is -2.09. The van der Waals surface area contributed by atoms with Crippen molar-refractivity contribution in [2.75, 3.05) is 0 Å². The zero-order valence-corrected chi connectivity index (χ0v) is 14.8. The SMILES string of the molecule is C/C(=C\c1cn(CC(=O)O)c2cccc(OCc3ccccc3)c12)C(=O)O. The van der Waals surface area contributed by atoms with E-state index >= 15 is 0 Å². The number of aromatic nitrogens is 1. The van der Waals surface area contributed by atoms with E-state index in [1.807, 2.05) is 30.3 Å². The predicted molar refractivity (Wildman–Crippen MR) is 102 cm³/mol. The van der Waals surface area contributed by atoms with Crippen LogP contribution >= 0.6 is 0 Å². The zero-order valence-electron chi connectivity index (χ0n) is 14.8. The van der Waals surface area contributed by atoms with Gasteiger partial charge in [-0.15, -0.1) is 0 Å². The number of carboxylic acid groups (broad SMARTS) is 2. The molecule has 1 aromatic heterocycles. The van der Waals surface area contributed by atoms with Gasteiger partial charge in [-0.2, -0.15) is 0 Å². The van der Waals surface area contributed by atoms with Crippen LogP contribution < -0.4 is 4.74 Å². The minimum atomic E-state index is -1.03. The van der Waals surface area contributed by atoms with Crippen molar-refractivity contribution in [2.45, 2.75) is 20.1 Å². The molecule has 0 radical (unpaired) electrons. The first kappa shape index (κ1) is 18.3. The summed E-state index contributed by atoms with van der Waals surface area (Å²) in [7, 11) is 0. The summed E-state index contributed by atoms with van der Waals surface area (Å²) in [6.07, 6.45) is 3.17. The maximum absolute atomic E-state index is 11.2. The lowest BCUT2D eigenvalue weighted by Crippen LogP contribution is -2.07. The molecular formula is C21H19NO5. The molecule has 0 aliphatic carbocycles. The molecule has 138 valence electrons. The Bertz CT molecular complexity index is 1020. The van der Waals surface area contributed by atoms with Crippen molar-refractivity contribution in [1.29, 1.82) is 0 Å². The van der Waals surface area contributed by atoms with Gasteiger partial charge in [0.15, 0.2) is 0 Å². The van der Waals surface area contributed by atoms with E-state index in [4.69, 9.17) is 9.84 Å². The molecule has 3 aromatic rings. The van der Waals surface area contributed by atoms with Gasteiger partial charge in [0, 0.05) is 22.7 Å². The predicted octanol–water partition coefficient (Wildman–Crippen LogP) is 3.79. The van der Waals surface area contributed by atoms with Gasteiger partial charge in [-0.05, 0) is 30.7 Å². The van der Waals surface area contributed by atoms with Gasteiger partial charge in [0.1, 0.15) is 18.9 Å². The molecule has 0 saturated carbocycles. The molecule has 1 heterocycles. The van der Waals surface area contributed by atoms with Crippen molar-refractivity contribution >= 4 is 28.9 Å². The molecule has 2 aromatic carbocycles. The molecular weight excluding hydrogens is 346 g/mol. The van der Waals surface area contributed by atoms with E-state index in [2.05, 4.69) is 0 Å². The van der Waals surface area contributed by atoms with E-state index in [1.54, 1.807) is 29.0 Å². The standard InChI is InChI=1S/C21H19NO5/c1-14(21(25)26)10-16-11-22(12-19(23)24)17-8-5-9-18(20(16)17)27-13-15-6-3-2-4-7-15/h2-11H,12-13H2,1H3,(H,23,24)(H,25,26)/b14-10+. The Labute approximate surface area is 155 Å². The number of benzene rings is 2. The second-order valence-electron chi connectivity index (χ2n) is 6.16. The van der Waals surface area contributed by atoms with Crippen molar-refractivity contribution in [1.82, 2.24) is 4.57 Å². The van der Waals surface area contributed by atoms with E-state index in [0.717, 1.165) is 5.56 Å². The summed E-state index contributed by atoms with van der Waals surface area (Å²) >= 11 is 0. The number of hydrogen-bond donors (Lipinski definition) is 2. The Balaban J connectivity index is 2.07. The lowest BCUT2D eigenvalue weighted by molar-refractivity contribution is -0.137. The van der Waals surface area contributed by atoms with E-state index < -0.39 is 11.9 Å². The second-order valence-corrected chi connectivity index (χ2v) is 6.16. The Morgan fingerprint density at radius 2 is 1.81 bits per heavy atom. The molecule has 0 saturated heterocycles. The smallest absolute Gasteiger partial charge is 0.331 e. The molecule has 6 heteroatoms. The first-order chi connectivity index (χ1) is 13.0. The largest absolute Gasteiger partial charge is 0.488 e. The number of hydrogen-bond acceptors (Lipinski definition) is 3. The third kappa shape index (κ3) is 4.17. The van der Waals surface area contributed by atoms with E-state index in [9.17, 15) is 14.7 Å². The molecule has 0 spiro atoms. The number of rotatable bonds is 7. The molecule has 3 rings (SSSR count). The van der Waals surface area contributed by atoms with Gasteiger partial charge in [-0.3, -0.25) is 4.79 Å². The third-order valence-electron chi connectivity index (χ3n) is 4.15. The van der Waals surface area contributed by atoms with Gasteiger partial charge in [0.25, 0.3) is 0 Å². The summed E-state index contributed by atoms with van der Waals surface area (Å²) in [6, 6.07) is 15.0. The number of carboxylic acids is 2. The third-order valence-corrected chi connectivity index (χ3v) is 4.15. The van der Waals surface area contributed by atoms with Crippen LogP contribution in [0.15, 0.2) is 60.3 Å². The highest BCUT2D eigenvalue weighted by molar-refractivity contribution is 5.99. The molecule has 0 aliphatic rings. The highest BCUT2D eigenvalue weighted by atomic mass is 16.5. The highest BCUT2D eigenvalue weighted by Gasteiger charge is 2.15. The Morgan fingerprint density at radius 3 is 2.48 bits per heavy atom. The van der Waals surface area contributed by atoms with Crippen LogP contribution in [0.5, 0.6) is 5.75 Å². The van der Waals surface area contributed by atoms with Crippen molar-refractivity contribution < 1.29 is 24.5 Å². The summed E-state index contributed by atoms with van der Waals surface area (Å²) in [6.45, 7) is 1.62. The average molecular weight is 365 g/mol. The van der Waals surface area contributed by atoms with Gasteiger partial charge in [-0.1, -0.05) is 36.4 Å². The molecule has 0 amide bonds. The van der Waals surface area contributed by atoms with Gasteiger partial charge in [-0.25, -0.2) is 4.79 Å². The van der Waals surface area contributed by atoms with Crippen molar-refractivity contribution in [3.63, 3.8) is 0 Å². The maximum Gasteiger partial charge on any atom is 0.331 e. The summed E-state index contributed by atoms with van der Waals surface area (Å²) in [5.74, 6) is -1.44. The quantitative estimate of drug-likeness (QED) is 0.622. The van der Waals surface area contributed by atoms with Gasteiger partial charge < -0.3 is 19.5 Å². The van der Waals surface area contributed by atoms with Crippen LogP contribution in [0.25, 0.3) is 17.0 Å². The van der Waals surface area contributed by atoms with Crippen LogP contribution in [-0.4, -0.2) is 26.7 Å². The summed E-state index contributed by atoms with van der Waals surface area (Å²) < 4.78 is 7.55. The lowest BCUT2D eigenvalue weighted by atomic mass is 10.1. The second kappa shape index (κ2) is 7.78. The summed E-state index contributed by atoms with van der Waals surface area (Å²) in [5, 5.41) is 19.0. The highest BCUT2D eigenvalue weighted by Crippen LogP contribution is 2.33. The fraction of sp³-hybridized carbons (Fsp3) is 0.143. The van der Waals surface area contributed by atoms with Crippen LogP contribution in [0.4, 0.5) is 0 Å². The van der Waals surface area contributed by atoms with Crippen molar-refractivity contribution in [3.8, 4) is 5.75 Å². The molecule has 0 bridgehead atoms. The van der Waals surface area contributed by atoms with E-state index in [-0.39, 0.29) is 12.1 Å². The molecule has 0 atom stereocenters. The molecule has 27 heavy (non-hydrogen) atoms. The van der Waals surface area contributed by atoms with Crippen molar-refractivity contribution in [3.05, 3.63) is 71.4 Å². The topological polar surface area (TPSA) is 88.8 Å². The van der Waals surface area contributed by atoms with Crippen LogP contribution in [-0.2, 0) is 22.7 Å². The Morgan fingerprint density at radius 1 is 1.07 bits per heavy atom. The van der Waals surface area contributed by atoms with Gasteiger partial charge >= 0.3 is 11.9 Å². The van der Waals surface area contributed by atoms with Crippen molar-refractivity contribution in [2.24, 2.45) is 0 Å². The van der Waals surface area contributed by atoms with E-state index in [0.29, 0.717) is 28.8 Å². The number of fused-ring (bicyclic) bond motifs is 1. The molecule has 2 N–H and O–H groups in total. The molecule has 0 fully saturated rings. The monoisotopic (exact) mass is 365 g/mol. The maximum atomic E-state index is 11.2. The van der Waals surface area contributed by atoms with Crippen LogP contribution in [0.1, 0.15) is 18.1 Å². The number of nitrogens with zero attached hydrogens (tertiary/aromatic N) is 1. The Kier molecular flexibility index (Phi) is 5.26. The molecule has 0 unspecified atom stereocenters. The fourth-order valence-corrected chi connectivity index (χ4v) is 2.89. The normalized spacial score (nSPS) is 11.5. The first-order valence-corrected chi connectivity index (χ1v) is 8.37. The minimum absolute atomic E-state index is 0.155. The number of ether oxygens (including phenoxy) is 1. The van der Waals surface area contributed by atoms with Gasteiger partial charge in [0.2, 0.25) is 0 Å². The zero-order chi connectivity index (χ0) is 19.4. The molecule has 0 aliphatic heterocycles. The minimum Gasteiger partial charge on any atom is -0.488 e. The van der Waals surface area contributed by atoms with E-state index in [1.165, 1.54) is 13.0 Å². The Hall–Kier alpha value is -3.54. The van der Waals surface area contributed by atoms with Crippen LogP contribution in [0.3, 0.4) is 0 Å². The fourth-order valence-electron chi connectivity index (χ4n) is 2.89. The van der Waals surface area contributed by atoms with Crippen LogP contribution in [0.2, 0.25) is 0 Å². The number of carbonyl (C=O) groups is 2.